The molecule has 4 N–H and O–H groups in total. The average Bonchev–Trinajstić information content (AvgIpc) is 2.32. The number of aliphatic hydroxyl groups is 4. The van der Waals surface area contributed by atoms with E-state index in [0.29, 0.717) is 25.9 Å². The molecule has 0 saturated carbocycles. The van der Waals surface area contributed by atoms with E-state index in [1.165, 1.54) is 4.90 Å². The summed E-state index contributed by atoms with van der Waals surface area (Å²) in [6.07, 6.45) is 1.40. The van der Waals surface area contributed by atoms with E-state index in [1.807, 2.05) is 0 Å². The van der Waals surface area contributed by atoms with Crippen LogP contribution in [0.25, 0.3) is 0 Å². The number of nitrogens with zero attached hydrogens (tertiary/aromatic N) is 2. The quantitative estimate of drug-likeness (QED) is 0.318. The third kappa shape index (κ3) is 7.98. The monoisotopic (exact) mass is 236 g/mol. The minimum atomic E-state index is -0.162. The molecule has 0 aromatic rings. The Bertz CT molecular complexity index is 137. The zero-order valence-electron chi connectivity index (χ0n) is 9.75. The van der Waals surface area contributed by atoms with Gasteiger partial charge >= 0.3 is 0 Å². The Morgan fingerprint density at radius 3 is 1.38 bits per heavy atom. The minimum Gasteiger partial charge on any atom is -0.396 e. The van der Waals surface area contributed by atoms with Crippen LogP contribution in [0.15, 0.2) is 0 Å². The maximum atomic E-state index is 8.86. The van der Waals surface area contributed by atoms with Crippen molar-refractivity contribution in [2.24, 2.45) is 0 Å². The van der Waals surface area contributed by atoms with E-state index in [9.17, 15) is 0 Å². The first-order chi connectivity index (χ1) is 7.78. The van der Waals surface area contributed by atoms with Crippen LogP contribution in [-0.2, 0) is 0 Å². The highest BCUT2D eigenvalue weighted by molar-refractivity contribution is 4.60. The van der Waals surface area contributed by atoms with Gasteiger partial charge in [0.05, 0.1) is 13.5 Å². The topological polar surface area (TPSA) is 87.4 Å². The van der Waals surface area contributed by atoms with Crippen molar-refractivity contribution >= 4 is 0 Å². The lowest BCUT2D eigenvalue weighted by Gasteiger charge is -2.25. The molecule has 0 atom stereocenters. The molecule has 16 heavy (non-hydrogen) atoms. The molecular weight excluding hydrogens is 212 g/mol. The van der Waals surface area contributed by atoms with Gasteiger partial charge in [0.2, 0.25) is 0 Å². The lowest BCUT2D eigenvalue weighted by atomic mass is 10.3. The summed E-state index contributed by atoms with van der Waals surface area (Å²) in [6.45, 7) is 2.79. The van der Waals surface area contributed by atoms with Gasteiger partial charge in [-0.15, -0.1) is 0 Å². The van der Waals surface area contributed by atoms with Crippen LogP contribution < -0.4 is 0 Å². The Morgan fingerprint density at radius 2 is 1.00 bits per heavy atom. The average molecular weight is 236 g/mol. The Balaban J connectivity index is 3.79. The zero-order chi connectivity index (χ0) is 12.2. The molecular formula is C10H24N2O4. The molecule has 0 bridgehead atoms. The predicted octanol–water partition coefficient (Wildman–Crippen LogP) is -1.75. The summed E-state index contributed by atoms with van der Waals surface area (Å²) < 4.78 is 0. The maximum Gasteiger partial charge on any atom is 0.0974 e. The normalized spacial score (nSPS) is 11.6. The Kier molecular flexibility index (Phi) is 11.1. The van der Waals surface area contributed by atoms with Crippen molar-refractivity contribution < 1.29 is 20.4 Å². The SMILES string of the molecule is OCCCN(CCCO)CCN(CO)CO. The summed E-state index contributed by atoms with van der Waals surface area (Å²) in [5, 5.41) is 35.2. The standard InChI is InChI=1S/C10H24N2O4/c13-7-1-3-11(4-2-8-14)5-6-12(9-15)10-16/h13-16H,1-10H2. The highest BCUT2D eigenvalue weighted by Crippen LogP contribution is 1.95. The fourth-order valence-electron chi connectivity index (χ4n) is 1.39. The van der Waals surface area contributed by atoms with Crippen molar-refractivity contribution in [1.82, 2.24) is 9.80 Å². The second-order valence-corrected chi connectivity index (χ2v) is 3.67. The molecule has 0 aliphatic heterocycles. The van der Waals surface area contributed by atoms with Crippen molar-refractivity contribution in [3.63, 3.8) is 0 Å². The Hall–Kier alpha value is -0.240. The summed E-state index contributed by atoms with van der Waals surface area (Å²) in [5.41, 5.74) is 0. The molecule has 0 saturated heterocycles. The van der Waals surface area contributed by atoms with Crippen molar-refractivity contribution in [2.45, 2.75) is 12.8 Å². The lowest BCUT2D eigenvalue weighted by molar-refractivity contribution is 0.0219. The van der Waals surface area contributed by atoms with Crippen LogP contribution in [0, 0.1) is 0 Å². The van der Waals surface area contributed by atoms with Crippen LogP contribution in [0.1, 0.15) is 12.8 Å². The van der Waals surface area contributed by atoms with Crippen LogP contribution in [0.5, 0.6) is 0 Å². The summed E-state index contributed by atoms with van der Waals surface area (Å²) in [7, 11) is 0. The predicted molar refractivity (Wildman–Crippen MR) is 60.7 cm³/mol. The van der Waals surface area contributed by atoms with E-state index >= 15 is 0 Å². The van der Waals surface area contributed by atoms with E-state index in [0.717, 1.165) is 13.1 Å². The molecule has 0 fully saturated rings. The van der Waals surface area contributed by atoms with Crippen molar-refractivity contribution in [2.75, 3.05) is 52.9 Å². The lowest BCUT2D eigenvalue weighted by Crippen LogP contribution is -2.37. The fraction of sp³-hybridized carbons (Fsp3) is 1.00. The molecule has 0 aliphatic rings. The van der Waals surface area contributed by atoms with Gasteiger partial charge in [0.1, 0.15) is 0 Å². The van der Waals surface area contributed by atoms with E-state index in [1.54, 1.807) is 0 Å². The smallest absolute Gasteiger partial charge is 0.0974 e. The fourth-order valence-corrected chi connectivity index (χ4v) is 1.39. The number of hydrogen-bond acceptors (Lipinski definition) is 6. The van der Waals surface area contributed by atoms with Gasteiger partial charge in [-0.2, -0.15) is 0 Å². The second kappa shape index (κ2) is 11.3. The van der Waals surface area contributed by atoms with Gasteiger partial charge in [-0.05, 0) is 12.8 Å². The van der Waals surface area contributed by atoms with E-state index in [2.05, 4.69) is 4.90 Å². The molecule has 0 heterocycles. The van der Waals surface area contributed by atoms with E-state index in [4.69, 9.17) is 20.4 Å². The van der Waals surface area contributed by atoms with Crippen LogP contribution in [0.3, 0.4) is 0 Å². The third-order valence-corrected chi connectivity index (χ3v) is 2.40. The molecule has 0 aliphatic carbocycles. The van der Waals surface area contributed by atoms with Gasteiger partial charge in [-0.1, -0.05) is 0 Å². The van der Waals surface area contributed by atoms with Gasteiger partial charge in [0, 0.05) is 39.4 Å². The summed E-state index contributed by atoms with van der Waals surface area (Å²) in [6, 6.07) is 0. The van der Waals surface area contributed by atoms with Crippen LogP contribution in [0.4, 0.5) is 0 Å². The summed E-state index contributed by atoms with van der Waals surface area (Å²) in [4.78, 5) is 3.61. The third-order valence-electron chi connectivity index (χ3n) is 2.40. The molecule has 0 aromatic carbocycles. The zero-order valence-corrected chi connectivity index (χ0v) is 9.75. The van der Waals surface area contributed by atoms with Crippen molar-refractivity contribution in [1.29, 1.82) is 0 Å². The van der Waals surface area contributed by atoms with Crippen LogP contribution in [0.2, 0.25) is 0 Å². The molecule has 0 aromatic heterocycles. The highest BCUT2D eigenvalue weighted by atomic mass is 16.3. The van der Waals surface area contributed by atoms with E-state index in [-0.39, 0.29) is 26.7 Å². The number of rotatable bonds is 11. The molecule has 0 unspecified atom stereocenters. The van der Waals surface area contributed by atoms with Gasteiger partial charge in [-0.3, -0.25) is 4.90 Å². The molecule has 0 amide bonds. The largest absolute Gasteiger partial charge is 0.396 e. The van der Waals surface area contributed by atoms with Crippen molar-refractivity contribution in [3.8, 4) is 0 Å². The summed E-state index contributed by atoms with van der Waals surface area (Å²) in [5.74, 6) is 0. The van der Waals surface area contributed by atoms with Gasteiger partial charge in [-0.25, -0.2) is 0 Å². The first kappa shape index (κ1) is 15.8. The molecule has 0 rings (SSSR count). The van der Waals surface area contributed by atoms with E-state index < -0.39 is 0 Å². The van der Waals surface area contributed by atoms with Gasteiger partial charge in [0.15, 0.2) is 0 Å². The van der Waals surface area contributed by atoms with Crippen molar-refractivity contribution in [3.05, 3.63) is 0 Å². The van der Waals surface area contributed by atoms with Gasteiger partial charge < -0.3 is 25.3 Å². The Labute approximate surface area is 96.7 Å². The first-order valence-electron chi connectivity index (χ1n) is 5.66. The first-order valence-corrected chi connectivity index (χ1v) is 5.66. The maximum absolute atomic E-state index is 8.86. The second-order valence-electron chi connectivity index (χ2n) is 3.67. The minimum absolute atomic E-state index is 0.152. The highest BCUT2D eigenvalue weighted by Gasteiger charge is 2.07. The number of aliphatic hydroxyl groups excluding tert-OH is 4. The Morgan fingerprint density at radius 1 is 0.562 bits per heavy atom. The molecule has 6 heteroatoms. The van der Waals surface area contributed by atoms with Crippen LogP contribution >= 0.6 is 0 Å². The van der Waals surface area contributed by atoms with Crippen LogP contribution in [-0.4, -0.2) is 83.1 Å². The molecule has 6 nitrogen and oxygen atoms in total. The van der Waals surface area contributed by atoms with Gasteiger partial charge in [0.25, 0.3) is 0 Å². The molecule has 98 valence electrons. The number of hydrogen-bond donors (Lipinski definition) is 4. The summed E-state index contributed by atoms with van der Waals surface area (Å²) >= 11 is 0. The molecule has 0 spiro atoms. The molecule has 0 radical (unpaired) electrons.